The van der Waals surface area contributed by atoms with Gasteiger partial charge < -0.3 is 4.90 Å². The van der Waals surface area contributed by atoms with Crippen LogP contribution >= 0.6 is 0 Å². The van der Waals surface area contributed by atoms with E-state index in [9.17, 15) is 0 Å². The zero-order chi connectivity index (χ0) is 40.5. The van der Waals surface area contributed by atoms with E-state index < -0.39 is 0 Å². The zero-order valence-corrected chi connectivity index (χ0v) is 33.6. The molecule has 0 saturated heterocycles. The van der Waals surface area contributed by atoms with Crippen LogP contribution in [0.5, 0.6) is 0 Å². The summed E-state index contributed by atoms with van der Waals surface area (Å²) >= 11 is 0. The molecule has 286 valence electrons. The second-order valence-corrected chi connectivity index (χ2v) is 15.7. The van der Waals surface area contributed by atoms with Crippen molar-refractivity contribution in [3.05, 3.63) is 249 Å². The summed E-state index contributed by atoms with van der Waals surface area (Å²) < 4.78 is 0. The van der Waals surface area contributed by atoms with Gasteiger partial charge in [0.2, 0.25) is 0 Å². The average molecular weight is 776 g/mol. The van der Waals surface area contributed by atoms with Crippen molar-refractivity contribution in [2.24, 2.45) is 0 Å². The maximum atomic E-state index is 2.47. The molecule has 0 saturated carbocycles. The summed E-state index contributed by atoms with van der Waals surface area (Å²) in [4.78, 5) is 2.47. The predicted octanol–water partition coefficient (Wildman–Crippen LogP) is 17.0. The molecule has 11 rings (SSSR count). The lowest BCUT2D eigenvalue weighted by Crippen LogP contribution is -2.12. The Balaban J connectivity index is 1.23. The normalized spacial score (nSPS) is 11.3. The van der Waals surface area contributed by atoms with Crippen molar-refractivity contribution in [3.8, 4) is 55.6 Å². The van der Waals surface area contributed by atoms with E-state index in [0.29, 0.717) is 0 Å². The highest BCUT2D eigenvalue weighted by Crippen LogP contribution is 2.50. The van der Waals surface area contributed by atoms with E-state index in [0.717, 1.165) is 17.1 Å². The smallest absolute Gasteiger partial charge is 0.0546 e. The van der Waals surface area contributed by atoms with Gasteiger partial charge in [0.05, 0.1) is 5.69 Å². The van der Waals surface area contributed by atoms with Crippen molar-refractivity contribution in [2.45, 2.75) is 0 Å². The molecule has 61 heavy (non-hydrogen) atoms. The summed E-state index contributed by atoms with van der Waals surface area (Å²) in [5.74, 6) is 0. The molecular formula is C60H41N. The SMILES string of the molecule is c1ccc(-c2ccc(N(c3ccc(-c4ccccc4)c(-c4ccccc4)c3)c3cccc(-c4ccc5ccccc5c4)c3-c3cc4ccccc4c4ccccc34)cc2)cc1. The zero-order valence-electron chi connectivity index (χ0n) is 33.6. The van der Waals surface area contributed by atoms with Crippen molar-refractivity contribution in [1.29, 1.82) is 0 Å². The molecule has 1 nitrogen and oxygen atoms in total. The standard InChI is InChI=1S/C60H41N/c1-4-17-42(18-5-1)44-33-35-50(36-34-44)61(51-37-38-53(45-20-6-2-7-21-45)57(41-51)46-22-8-3-9-23-46)59-30-16-29-54(49-32-31-43-19-10-11-24-47(43)39-49)60(59)58-40-48-25-12-13-26-52(48)55-27-14-15-28-56(55)58/h1-41H. The highest BCUT2D eigenvalue weighted by Gasteiger charge is 2.24. The fourth-order valence-corrected chi connectivity index (χ4v) is 9.13. The van der Waals surface area contributed by atoms with Crippen molar-refractivity contribution in [3.63, 3.8) is 0 Å². The number of anilines is 3. The number of rotatable bonds is 8. The lowest BCUT2D eigenvalue weighted by atomic mass is 9.86. The van der Waals surface area contributed by atoms with Crippen LogP contribution in [0.15, 0.2) is 249 Å². The Morgan fingerprint density at radius 3 is 1.49 bits per heavy atom. The van der Waals surface area contributed by atoms with Crippen LogP contribution in [-0.2, 0) is 0 Å². The molecule has 0 aliphatic carbocycles. The van der Waals surface area contributed by atoms with Crippen molar-refractivity contribution >= 4 is 49.4 Å². The van der Waals surface area contributed by atoms with Gasteiger partial charge in [-0.1, -0.05) is 206 Å². The Morgan fingerprint density at radius 1 is 0.230 bits per heavy atom. The topological polar surface area (TPSA) is 3.24 Å². The van der Waals surface area contributed by atoms with Gasteiger partial charge in [-0.15, -0.1) is 0 Å². The lowest BCUT2D eigenvalue weighted by Gasteiger charge is -2.31. The van der Waals surface area contributed by atoms with Crippen molar-refractivity contribution in [2.75, 3.05) is 4.90 Å². The van der Waals surface area contributed by atoms with Crippen molar-refractivity contribution < 1.29 is 0 Å². The quantitative estimate of drug-likeness (QED) is 0.139. The average Bonchev–Trinajstić information content (AvgIpc) is 3.34. The summed E-state index contributed by atoms with van der Waals surface area (Å²) in [5.41, 5.74) is 15.1. The van der Waals surface area contributed by atoms with Gasteiger partial charge in [0.15, 0.2) is 0 Å². The van der Waals surface area contributed by atoms with E-state index >= 15 is 0 Å². The van der Waals surface area contributed by atoms with Crippen LogP contribution in [-0.4, -0.2) is 0 Å². The van der Waals surface area contributed by atoms with Gasteiger partial charge in [-0.2, -0.15) is 0 Å². The summed E-state index contributed by atoms with van der Waals surface area (Å²) in [6.07, 6.45) is 0. The molecule has 0 N–H and O–H groups in total. The minimum absolute atomic E-state index is 1.08. The highest BCUT2D eigenvalue weighted by molar-refractivity contribution is 6.17. The third kappa shape index (κ3) is 6.73. The second kappa shape index (κ2) is 15.6. The molecular weight excluding hydrogens is 735 g/mol. The monoisotopic (exact) mass is 775 g/mol. The molecule has 0 bridgehead atoms. The number of hydrogen-bond acceptors (Lipinski definition) is 1. The number of benzene rings is 11. The molecule has 11 aromatic carbocycles. The van der Waals surface area contributed by atoms with Crippen LogP contribution in [0.1, 0.15) is 0 Å². The lowest BCUT2D eigenvalue weighted by molar-refractivity contribution is 1.28. The molecule has 0 heterocycles. The molecule has 11 aromatic rings. The number of hydrogen-bond donors (Lipinski definition) is 0. The Morgan fingerprint density at radius 2 is 0.770 bits per heavy atom. The first kappa shape index (κ1) is 36.1. The van der Waals surface area contributed by atoms with Crippen LogP contribution in [0.3, 0.4) is 0 Å². The fourth-order valence-electron chi connectivity index (χ4n) is 9.13. The van der Waals surface area contributed by atoms with E-state index in [1.807, 2.05) is 0 Å². The largest absolute Gasteiger partial charge is 0.310 e. The maximum Gasteiger partial charge on any atom is 0.0546 e. The molecule has 0 atom stereocenters. The molecule has 0 spiro atoms. The molecule has 1 heteroatoms. The van der Waals surface area contributed by atoms with Crippen LogP contribution in [0.25, 0.3) is 88.0 Å². The summed E-state index contributed by atoms with van der Waals surface area (Å²) in [5, 5.41) is 7.38. The third-order valence-electron chi connectivity index (χ3n) is 12.0. The van der Waals surface area contributed by atoms with E-state index in [1.165, 1.54) is 88.0 Å². The number of fused-ring (bicyclic) bond motifs is 4. The maximum absolute atomic E-state index is 2.47. The van der Waals surface area contributed by atoms with E-state index in [1.54, 1.807) is 0 Å². The Kier molecular flexibility index (Phi) is 9.26. The van der Waals surface area contributed by atoms with Gasteiger partial charge >= 0.3 is 0 Å². The molecule has 0 aliphatic heterocycles. The summed E-state index contributed by atoms with van der Waals surface area (Å²) in [7, 11) is 0. The van der Waals surface area contributed by atoms with Crippen molar-refractivity contribution in [1.82, 2.24) is 0 Å². The molecule has 0 amide bonds. The minimum atomic E-state index is 1.08. The highest BCUT2D eigenvalue weighted by atomic mass is 15.1. The van der Waals surface area contributed by atoms with Gasteiger partial charge in [0.1, 0.15) is 0 Å². The second-order valence-electron chi connectivity index (χ2n) is 15.7. The van der Waals surface area contributed by atoms with Gasteiger partial charge in [-0.25, -0.2) is 0 Å². The van der Waals surface area contributed by atoms with Crippen LogP contribution in [0, 0.1) is 0 Å². The first-order valence-corrected chi connectivity index (χ1v) is 21.0. The minimum Gasteiger partial charge on any atom is -0.310 e. The summed E-state index contributed by atoms with van der Waals surface area (Å²) in [6.45, 7) is 0. The Hall–Kier alpha value is -8.00. The summed E-state index contributed by atoms with van der Waals surface area (Å²) in [6, 6.07) is 90.7. The van der Waals surface area contributed by atoms with E-state index in [2.05, 4.69) is 254 Å². The first-order chi connectivity index (χ1) is 30.3. The van der Waals surface area contributed by atoms with Crippen LogP contribution in [0.2, 0.25) is 0 Å². The van der Waals surface area contributed by atoms with Gasteiger partial charge in [0.25, 0.3) is 0 Å². The Labute approximate surface area is 357 Å². The molecule has 0 unspecified atom stereocenters. The Bertz CT molecular complexity index is 3330. The van der Waals surface area contributed by atoms with Gasteiger partial charge in [0, 0.05) is 16.9 Å². The number of nitrogens with zero attached hydrogens (tertiary/aromatic N) is 1. The molecule has 0 aromatic heterocycles. The fraction of sp³-hybridized carbons (Fsp3) is 0. The van der Waals surface area contributed by atoms with E-state index in [4.69, 9.17) is 0 Å². The van der Waals surface area contributed by atoms with Crippen LogP contribution < -0.4 is 4.90 Å². The van der Waals surface area contributed by atoms with Crippen LogP contribution in [0.4, 0.5) is 17.1 Å². The molecule has 0 radical (unpaired) electrons. The predicted molar refractivity (Wildman–Crippen MR) is 261 cm³/mol. The third-order valence-corrected chi connectivity index (χ3v) is 12.0. The van der Waals surface area contributed by atoms with Gasteiger partial charge in [-0.3, -0.25) is 0 Å². The van der Waals surface area contributed by atoms with E-state index in [-0.39, 0.29) is 0 Å². The molecule has 0 fully saturated rings. The van der Waals surface area contributed by atoms with Gasteiger partial charge in [-0.05, 0) is 125 Å². The first-order valence-electron chi connectivity index (χ1n) is 21.0. The molecule has 0 aliphatic rings.